The van der Waals surface area contributed by atoms with Gasteiger partial charge in [0.1, 0.15) is 5.82 Å². The maximum absolute atomic E-state index is 13.4. The molecule has 0 spiro atoms. The van der Waals surface area contributed by atoms with E-state index >= 15 is 0 Å². The first-order valence-electron chi connectivity index (χ1n) is 10.9. The molecule has 0 amide bonds. The van der Waals surface area contributed by atoms with E-state index < -0.39 is 0 Å². The number of rotatable bonds is 9. The van der Waals surface area contributed by atoms with Gasteiger partial charge in [-0.15, -0.1) is 0 Å². The zero-order valence-electron chi connectivity index (χ0n) is 17.5. The average molecular weight is 407 g/mol. The van der Waals surface area contributed by atoms with Gasteiger partial charge in [0.25, 0.3) is 0 Å². The third-order valence-electron chi connectivity index (χ3n) is 5.70. The van der Waals surface area contributed by atoms with Crippen molar-refractivity contribution in [3.63, 3.8) is 0 Å². The molecule has 1 saturated carbocycles. The quantitative estimate of drug-likeness (QED) is 0.375. The zero-order chi connectivity index (χ0) is 20.3. The molecule has 1 unspecified atom stereocenters. The number of nitrogens with zero attached hydrogens (tertiary/aromatic N) is 2. The number of guanidine groups is 1. The van der Waals surface area contributed by atoms with Crippen LogP contribution in [-0.4, -0.2) is 70.0 Å². The monoisotopic (exact) mass is 406 g/mol. The SMILES string of the molecule is CN=C(NCCCOC1CCCC1)NCC(c1ccc(F)cc1)N1CCOCC1. The Labute approximate surface area is 173 Å². The summed E-state index contributed by atoms with van der Waals surface area (Å²) in [6, 6.07) is 6.94. The minimum atomic E-state index is -0.209. The number of nitrogens with one attached hydrogen (secondary N) is 2. The van der Waals surface area contributed by atoms with Gasteiger partial charge < -0.3 is 20.1 Å². The van der Waals surface area contributed by atoms with Crippen LogP contribution < -0.4 is 10.6 Å². The van der Waals surface area contributed by atoms with Gasteiger partial charge in [-0.2, -0.15) is 0 Å². The van der Waals surface area contributed by atoms with Crippen molar-refractivity contribution in [2.45, 2.75) is 44.2 Å². The molecule has 7 heteroatoms. The first kappa shape index (κ1) is 22.0. The van der Waals surface area contributed by atoms with Crippen LogP contribution in [0.2, 0.25) is 0 Å². The Morgan fingerprint density at radius 3 is 2.62 bits per heavy atom. The smallest absolute Gasteiger partial charge is 0.191 e. The van der Waals surface area contributed by atoms with Crippen molar-refractivity contribution in [2.75, 3.05) is 53.0 Å². The molecule has 0 radical (unpaired) electrons. The molecule has 2 N–H and O–H groups in total. The topological polar surface area (TPSA) is 58.1 Å². The Morgan fingerprint density at radius 2 is 1.93 bits per heavy atom. The number of benzene rings is 1. The van der Waals surface area contributed by atoms with Crippen LogP contribution in [0.3, 0.4) is 0 Å². The normalized spacial score (nSPS) is 20.0. The number of ether oxygens (including phenoxy) is 2. The van der Waals surface area contributed by atoms with Crippen molar-refractivity contribution in [3.8, 4) is 0 Å². The number of hydrogen-bond acceptors (Lipinski definition) is 4. The lowest BCUT2D eigenvalue weighted by Crippen LogP contribution is -2.46. The maximum Gasteiger partial charge on any atom is 0.191 e. The third-order valence-corrected chi connectivity index (χ3v) is 5.70. The Kier molecular flexibility index (Phi) is 9.18. The first-order chi connectivity index (χ1) is 14.3. The molecule has 6 nitrogen and oxygen atoms in total. The molecule has 1 aromatic carbocycles. The summed E-state index contributed by atoms with van der Waals surface area (Å²) < 4.78 is 24.8. The largest absolute Gasteiger partial charge is 0.379 e. The summed E-state index contributed by atoms with van der Waals surface area (Å²) in [4.78, 5) is 6.72. The van der Waals surface area contributed by atoms with E-state index in [0.29, 0.717) is 12.6 Å². The van der Waals surface area contributed by atoms with Crippen molar-refractivity contribution in [1.82, 2.24) is 15.5 Å². The van der Waals surface area contributed by atoms with E-state index in [4.69, 9.17) is 9.47 Å². The summed E-state index contributed by atoms with van der Waals surface area (Å²) in [6.07, 6.45) is 6.46. The summed E-state index contributed by atoms with van der Waals surface area (Å²) in [7, 11) is 1.78. The van der Waals surface area contributed by atoms with Crippen molar-refractivity contribution in [3.05, 3.63) is 35.6 Å². The van der Waals surface area contributed by atoms with Gasteiger partial charge >= 0.3 is 0 Å². The standard InChI is InChI=1S/C22H35FN4O2/c1-24-22(25-11-4-14-29-20-5-2-3-6-20)26-17-21(27-12-15-28-16-13-27)18-7-9-19(23)10-8-18/h7-10,20-21H,2-6,11-17H2,1H3,(H2,24,25,26). The molecule has 0 aromatic heterocycles. The Balaban J connectivity index is 1.45. The Bertz CT molecular complexity index is 614. The molecular formula is C22H35FN4O2. The van der Waals surface area contributed by atoms with Gasteiger partial charge in [0.2, 0.25) is 0 Å². The predicted molar refractivity (Wildman–Crippen MR) is 114 cm³/mol. The molecule has 1 saturated heterocycles. The van der Waals surface area contributed by atoms with Gasteiger partial charge in [0.05, 0.1) is 25.4 Å². The van der Waals surface area contributed by atoms with E-state index in [9.17, 15) is 4.39 Å². The fourth-order valence-corrected chi connectivity index (χ4v) is 4.03. The zero-order valence-corrected chi connectivity index (χ0v) is 17.5. The van der Waals surface area contributed by atoms with Gasteiger partial charge in [-0.3, -0.25) is 9.89 Å². The van der Waals surface area contributed by atoms with Gasteiger partial charge in [0, 0.05) is 39.8 Å². The highest BCUT2D eigenvalue weighted by Gasteiger charge is 2.23. The predicted octanol–water partition coefficient (Wildman–Crippen LogP) is 2.71. The molecule has 2 fully saturated rings. The van der Waals surface area contributed by atoms with Gasteiger partial charge in [0.15, 0.2) is 5.96 Å². The van der Waals surface area contributed by atoms with Crippen LogP contribution in [0.25, 0.3) is 0 Å². The van der Waals surface area contributed by atoms with Gasteiger partial charge in [-0.25, -0.2) is 4.39 Å². The molecule has 2 aliphatic rings. The van der Waals surface area contributed by atoms with Crippen LogP contribution in [0.4, 0.5) is 4.39 Å². The van der Waals surface area contributed by atoms with Crippen LogP contribution in [-0.2, 0) is 9.47 Å². The molecule has 1 aromatic rings. The first-order valence-corrected chi connectivity index (χ1v) is 10.9. The Morgan fingerprint density at radius 1 is 1.21 bits per heavy atom. The number of aliphatic imine (C=N–C) groups is 1. The van der Waals surface area contributed by atoms with E-state index in [-0.39, 0.29) is 11.9 Å². The van der Waals surface area contributed by atoms with E-state index in [0.717, 1.165) is 57.4 Å². The fraction of sp³-hybridized carbons (Fsp3) is 0.682. The molecule has 29 heavy (non-hydrogen) atoms. The van der Waals surface area contributed by atoms with Gasteiger partial charge in [-0.05, 0) is 37.0 Å². The lowest BCUT2D eigenvalue weighted by Gasteiger charge is -2.35. The molecule has 1 atom stereocenters. The Hall–Kier alpha value is -1.70. The summed E-state index contributed by atoms with van der Waals surface area (Å²) in [5.74, 6) is 0.575. The molecule has 3 rings (SSSR count). The van der Waals surface area contributed by atoms with E-state index in [1.807, 2.05) is 12.1 Å². The molecule has 1 heterocycles. The van der Waals surface area contributed by atoms with Crippen molar-refractivity contribution < 1.29 is 13.9 Å². The van der Waals surface area contributed by atoms with Crippen molar-refractivity contribution in [1.29, 1.82) is 0 Å². The molecular weight excluding hydrogens is 371 g/mol. The molecule has 1 aliphatic heterocycles. The molecule has 0 bridgehead atoms. The third kappa shape index (κ3) is 7.24. The van der Waals surface area contributed by atoms with E-state index in [1.54, 1.807) is 7.05 Å². The van der Waals surface area contributed by atoms with Crippen LogP contribution in [0.15, 0.2) is 29.3 Å². The number of halogens is 1. The average Bonchev–Trinajstić information content (AvgIpc) is 3.27. The highest BCUT2D eigenvalue weighted by Crippen LogP contribution is 2.22. The minimum absolute atomic E-state index is 0.142. The van der Waals surface area contributed by atoms with E-state index in [2.05, 4.69) is 20.5 Å². The number of morpholine rings is 1. The second-order valence-corrected chi connectivity index (χ2v) is 7.73. The van der Waals surface area contributed by atoms with E-state index in [1.165, 1.54) is 37.8 Å². The minimum Gasteiger partial charge on any atom is -0.379 e. The summed E-state index contributed by atoms with van der Waals surface area (Å²) in [5, 5.41) is 6.80. The van der Waals surface area contributed by atoms with Crippen LogP contribution in [0, 0.1) is 5.82 Å². The lowest BCUT2D eigenvalue weighted by molar-refractivity contribution is 0.0170. The summed E-state index contributed by atoms with van der Waals surface area (Å²) in [6.45, 7) is 5.51. The maximum atomic E-state index is 13.4. The van der Waals surface area contributed by atoms with Crippen LogP contribution in [0.1, 0.15) is 43.7 Å². The van der Waals surface area contributed by atoms with Gasteiger partial charge in [-0.1, -0.05) is 25.0 Å². The number of hydrogen-bond donors (Lipinski definition) is 2. The van der Waals surface area contributed by atoms with Crippen molar-refractivity contribution >= 4 is 5.96 Å². The molecule has 1 aliphatic carbocycles. The molecule has 162 valence electrons. The highest BCUT2D eigenvalue weighted by atomic mass is 19.1. The summed E-state index contributed by atoms with van der Waals surface area (Å²) in [5.41, 5.74) is 1.10. The highest BCUT2D eigenvalue weighted by molar-refractivity contribution is 5.79. The summed E-state index contributed by atoms with van der Waals surface area (Å²) >= 11 is 0. The fourth-order valence-electron chi connectivity index (χ4n) is 4.03. The lowest BCUT2D eigenvalue weighted by atomic mass is 10.0. The van der Waals surface area contributed by atoms with Crippen LogP contribution >= 0.6 is 0 Å². The second kappa shape index (κ2) is 12.1. The van der Waals surface area contributed by atoms with Crippen LogP contribution in [0.5, 0.6) is 0 Å². The second-order valence-electron chi connectivity index (χ2n) is 7.73. The van der Waals surface area contributed by atoms with Crippen molar-refractivity contribution in [2.24, 2.45) is 4.99 Å².